The van der Waals surface area contributed by atoms with Gasteiger partial charge in [0.15, 0.2) is 0 Å². The van der Waals surface area contributed by atoms with Crippen molar-refractivity contribution in [1.82, 2.24) is 0 Å². The third-order valence-corrected chi connectivity index (χ3v) is 6.29. The Hall–Kier alpha value is -2.99. The van der Waals surface area contributed by atoms with Gasteiger partial charge in [-0.2, -0.15) is 0 Å². The Balaban J connectivity index is 1.75. The van der Waals surface area contributed by atoms with Crippen LogP contribution in [0.25, 0.3) is 10.4 Å². The lowest BCUT2D eigenvalue weighted by Gasteiger charge is -2.23. The van der Waals surface area contributed by atoms with Crippen LogP contribution in [0, 0.1) is 6.92 Å². The lowest BCUT2D eigenvalue weighted by Crippen LogP contribution is -2.30. The Labute approximate surface area is 174 Å². The highest BCUT2D eigenvalue weighted by Crippen LogP contribution is 2.45. The molecule has 4 rings (SSSR count). The van der Waals surface area contributed by atoms with Gasteiger partial charge < -0.3 is 19.1 Å². The summed E-state index contributed by atoms with van der Waals surface area (Å²) in [6.45, 7) is 5.01. The van der Waals surface area contributed by atoms with E-state index in [4.69, 9.17) is 14.2 Å². The lowest BCUT2D eigenvalue weighted by molar-refractivity contribution is 0.0991. The van der Waals surface area contributed by atoms with Crippen LogP contribution in [0.1, 0.15) is 27.7 Å². The highest BCUT2D eigenvalue weighted by molar-refractivity contribution is 7.17. The average molecular weight is 410 g/mol. The molecular formula is C23H23NO4S. The highest BCUT2D eigenvalue weighted by Gasteiger charge is 2.27. The molecular weight excluding hydrogens is 386 g/mol. The predicted molar refractivity (Wildman–Crippen MR) is 116 cm³/mol. The first-order valence-electron chi connectivity index (χ1n) is 9.46. The second kappa shape index (κ2) is 7.79. The van der Waals surface area contributed by atoms with E-state index in [2.05, 4.69) is 13.0 Å². The van der Waals surface area contributed by atoms with E-state index < -0.39 is 0 Å². The van der Waals surface area contributed by atoms with Crippen molar-refractivity contribution in [2.45, 2.75) is 20.5 Å². The van der Waals surface area contributed by atoms with Gasteiger partial charge in [-0.25, -0.2) is 0 Å². The molecule has 0 saturated carbocycles. The number of carbonyl (C=O) groups is 1. The van der Waals surface area contributed by atoms with Crippen molar-refractivity contribution in [2.24, 2.45) is 0 Å². The Bertz CT molecular complexity index is 1070. The molecule has 1 aliphatic heterocycles. The first-order valence-corrected chi connectivity index (χ1v) is 10.3. The number of aryl methyl sites for hydroxylation is 1. The largest absolute Gasteiger partial charge is 0.497 e. The van der Waals surface area contributed by atoms with E-state index in [1.165, 1.54) is 11.3 Å². The summed E-state index contributed by atoms with van der Waals surface area (Å²) in [5, 5.41) is 0. The van der Waals surface area contributed by atoms with Crippen molar-refractivity contribution in [3.8, 4) is 27.7 Å². The third kappa shape index (κ3) is 3.34. The van der Waals surface area contributed by atoms with Gasteiger partial charge in [-0.05, 0) is 43.7 Å². The zero-order valence-corrected chi connectivity index (χ0v) is 17.8. The Morgan fingerprint density at radius 1 is 1.17 bits per heavy atom. The van der Waals surface area contributed by atoms with Crippen LogP contribution in [0.15, 0.2) is 42.5 Å². The van der Waals surface area contributed by atoms with Gasteiger partial charge in [-0.1, -0.05) is 12.1 Å². The van der Waals surface area contributed by atoms with Crippen LogP contribution in [0.3, 0.4) is 0 Å². The second-order valence-electron chi connectivity index (χ2n) is 6.79. The highest BCUT2D eigenvalue weighted by atomic mass is 32.1. The average Bonchev–Trinajstić information content (AvgIpc) is 3.18. The first-order chi connectivity index (χ1) is 14.1. The first kappa shape index (κ1) is 19.3. The summed E-state index contributed by atoms with van der Waals surface area (Å²) in [6, 6.07) is 13.5. The van der Waals surface area contributed by atoms with E-state index >= 15 is 0 Å². The van der Waals surface area contributed by atoms with E-state index in [0.29, 0.717) is 35.2 Å². The molecule has 0 saturated heterocycles. The number of anilines is 1. The summed E-state index contributed by atoms with van der Waals surface area (Å²) in [6.07, 6.45) is 0. The minimum Gasteiger partial charge on any atom is -0.497 e. The van der Waals surface area contributed by atoms with Gasteiger partial charge in [0.1, 0.15) is 23.9 Å². The number of thiophene rings is 1. The van der Waals surface area contributed by atoms with Crippen LogP contribution in [0.2, 0.25) is 0 Å². The normalized spacial score (nSPS) is 11.9. The van der Waals surface area contributed by atoms with Gasteiger partial charge >= 0.3 is 0 Å². The monoisotopic (exact) mass is 409 g/mol. The van der Waals surface area contributed by atoms with Crippen molar-refractivity contribution in [2.75, 3.05) is 25.7 Å². The number of benzene rings is 2. The quantitative estimate of drug-likeness (QED) is 0.574. The van der Waals surface area contributed by atoms with Crippen LogP contribution in [0.4, 0.5) is 5.69 Å². The summed E-state index contributed by atoms with van der Waals surface area (Å²) >= 11 is 1.52. The van der Waals surface area contributed by atoms with Gasteiger partial charge in [-0.3, -0.25) is 4.79 Å². The van der Waals surface area contributed by atoms with Gasteiger partial charge in [0.25, 0.3) is 5.91 Å². The maximum Gasteiger partial charge on any atom is 0.268 e. The summed E-state index contributed by atoms with van der Waals surface area (Å²) < 4.78 is 16.7. The molecule has 150 valence electrons. The maximum absolute atomic E-state index is 13.5. The predicted octanol–water partition coefficient (Wildman–Crippen LogP) is 5.30. The van der Waals surface area contributed by atoms with E-state index in [9.17, 15) is 4.79 Å². The third-order valence-electron chi connectivity index (χ3n) is 5.10. The van der Waals surface area contributed by atoms with Crippen LogP contribution in [-0.4, -0.2) is 26.7 Å². The lowest BCUT2D eigenvalue weighted by atomic mass is 10.0. The van der Waals surface area contributed by atoms with Gasteiger partial charge in [0.05, 0.1) is 24.8 Å². The zero-order chi connectivity index (χ0) is 20.5. The van der Waals surface area contributed by atoms with E-state index in [0.717, 1.165) is 27.3 Å². The summed E-state index contributed by atoms with van der Waals surface area (Å²) in [5.41, 5.74) is 3.97. The summed E-state index contributed by atoms with van der Waals surface area (Å²) in [4.78, 5) is 17.0. The minimum absolute atomic E-state index is 0.0615. The Kier molecular flexibility index (Phi) is 5.20. The molecule has 0 spiro atoms. The van der Waals surface area contributed by atoms with Crippen molar-refractivity contribution >= 4 is 22.9 Å². The molecule has 0 fully saturated rings. The fourth-order valence-electron chi connectivity index (χ4n) is 3.62. The molecule has 1 aromatic heterocycles. The topological polar surface area (TPSA) is 48.0 Å². The molecule has 1 aliphatic rings. The van der Waals surface area contributed by atoms with Crippen LogP contribution < -0.4 is 19.1 Å². The van der Waals surface area contributed by atoms with Crippen LogP contribution in [-0.2, 0) is 6.61 Å². The SMILES string of the molecule is CCN(C(=O)c1cc2c(s1)-c1c(C)cccc1OC2)c1cc(OC)ccc1OC. The summed E-state index contributed by atoms with van der Waals surface area (Å²) in [7, 11) is 3.21. The van der Waals surface area contributed by atoms with Gasteiger partial charge in [0.2, 0.25) is 0 Å². The smallest absolute Gasteiger partial charge is 0.268 e. The van der Waals surface area contributed by atoms with Crippen LogP contribution >= 0.6 is 11.3 Å². The molecule has 0 bridgehead atoms. The standard InChI is InChI=1S/C23H23NO4S/c1-5-24(17-12-16(26-3)9-10-18(17)27-4)23(25)20-11-15-13-28-19-8-6-7-14(2)21(19)22(15)29-20/h6-12H,5,13H2,1-4H3. The van der Waals surface area contributed by atoms with Crippen LogP contribution in [0.5, 0.6) is 17.2 Å². The Morgan fingerprint density at radius 2 is 2.00 bits per heavy atom. The molecule has 2 heterocycles. The molecule has 29 heavy (non-hydrogen) atoms. The van der Waals surface area contributed by atoms with Crippen molar-refractivity contribution < 1.29 is 19.0 Å². The molecule has 1 amide bonds. The number of carbonyl (C=O) groups excluding carboxylic acids is 1. The van der Waals surface area contributed by atoms with Crippen molar-refractivity contribution in [3.63, 3.8) is 0 Å². The molecule has 3 aromatic rings. The molecule has 0 atom stereocenters. The molecule has 0 unspecified atom stereocenters. The van der Waals surface area contributed by atoms with E-state index in [-0.39, 0.29) is 5.91 Å². The van der Waals surface area contributed by atoms with Gasteiger partial charge in [0, 0.05) is 28.6 Å². The van der Waals surface area contributed by atoms with Crippen molar-refractivity contribution in [1.29, 1.82) is 0 Å². The number of rotatable bonds is 5. The zero-order valence-electron chi connectivity index (χ0n) is 16.9. The number of fused-ring (bicyclic) bond motifs is 3. The minimum atomic E-state index is -0.0615. The number of methoxy groups -OCH3 is 2. The number of amides is 1. The van der Waals surface area contributed by atoms with E-state index in [1.807, 2.05) is 43.3 Å². The number of hydrogen-bond donors (Lipinski definition) is 0. The molecule has 6 heteroatoms. The van der Waals surface area contributed by atoms with Crippen molar-refractivity contribution in [3.05, 3.63) is 58.5 Å². The number of nitrogens with zero attached hydrogens (tertiary/aromatic N) is 1. The number of ether oxygens (including phenoxy) is 3. The Morgan fingerprint density at radius 3 is 2.72 bits per heavy atom. The molecule has 2 aromatic carbocycles. The molecule has 0 N–H and O–H groups in total. The fraction of sp³-hybridized carbons (Fsp3) is 0.261. The molecule has 5 nitrogen and oxygen atoms in total. The second-order valence-corrected chi connectivity index (χ2v) is 7.84. The summed E-state index contributed by atoms with van der Waals surface area (Å²) in [5.74, 6) is 2.12. The molecule has 0 radical (unpaired) electrons. The van der Waals surface area contributed by atoms with E-state index in [1.54, 1.807) is 19.1 Å². The number of hydrogen-bond acceptors (Lipinski definition) is 5. The van der Waals surface area contributed by atoms with Gasteiger partial charge in [-0.15, -0.1) is 11.3 Å². The maximum atomic E-state index is 13.5. The fourth-order valence-corrected chi connectivity index (χ4v) is 4.86. The molecule has 0 aliphatic carbocycles.